The second-order valence-electron chi connectivity index (χ2n) is 6.36. The molecule has 0 amide bonds. The van der Waals surface area contributed by atoms with Gasteiger partial charge in [0.25, 0.3) is 0 Å². The van der Waals surface area contributed by atoms with Crippen LogP contribution >= 0.6 is 11.8 Å². The molecule has 0 heterocycles. The van der Waals surface area contributed by atoms with E-state index in [1.165, 1.54) is 5.56 Å². The Labute approximate surface area is 164 Å². The number of hydrogen-bond acceptors (Lipinski definition) is 3. The van der Waals surface area contributed by atoms with Gasteiger partial charge < -0.3 is 10.4 Å². The molecule has 0 aromatic heterocycles. The number of benzene rings is 3. The summed E-state index contributed by atoms with van der Waals surface area (Å²) < 4.78 is 0. The maximum atomic E-state index is 10.9. The number of aryl methyl sites for hydroxylation is 1. The highest BCUT2D eigenvalue weighted by molar-refractivity contribution is 7.99. The molecule has 3 aromatic rings. The smallest absolute Gasteiger partial charge is 0.307 e. The van der Waals surface area contributed by atoms with Crippen molar-refractivity contribution in [3.63, 3.8) is 0 Å². The van der Waals surface area contributed by atoms with Crippen LogP contribution in [0.1, 0.15) is 17.5 Å². The summed E-state index contributed by atoms with van der Waals surface area (Å²) in [6.07, 6.45) is 2.23. The molecule has 0 aliphatic rings. The fourth-order valence-electron chi connectivity index (χ4n) is 2.84. The Bertz CT molecular complexity index is 863. The minimum atomic E-state index is -0.806. The van der Waals surface area contributed by atoms with Gasteiger partial charge in [-0.2, -0.15) is 0 Å². The van der Waals surface area contributed by atoms with Crippen molar-refractivity contribution < 1.29 is 9.90 Å². The van der Waals surface area contributed by atoms with E-state index in [9.17, 15) is 4.79 Å². The zero-order chi connectivity index (χ0) is 18.9. The minimum Gasteiger partial charge on any atom is -0.481 e. The molecule has 0 atom stereocenters. The fraction of sp³-hybridized carbons (Fsp3) is 0.174. The van der Waals surface area contributed by atoms with Crippen LogP contribution in [0.5, 0.6) is 0 Å². The molecule has 27 heavy (non-hydrogen) atoms. The number of hydrogen-bond donors (Lipinski definition) is 2. The average molecular weight is 378 g/mol. The molecule has 0 bridgehead atoms. The number of rotatable bonds is 9. The van der Waals surface area contributed by atoms with E-state index in [1.54, 1.807) is 11.8 Å². The molecule has 0 spiro atoms. The van der Waals surface area contributed by atoms with E-state index in [-0.39, 0.29) is 6.42 Å². The molecule has 3 nitrogen and oxygen atoms in total. The number of nitrogens with one attached hydrogen (secondary N) is 1. The zero-order valence-electron chi connectivity index (χ0n) is 15.1. The number of anilines is 1. The Morgan fingerprint density at radius 1 is 0.852 bits per heavy atom. The molecule has 138 valence electrons. The van der Waals surface area contributed by atoms with Crippen LogP contribution in [0.3, 0.4) is 0 Å². The van der Waals surface area contributed by atoms with Crippen LogP contribution in [0, 0.1) is 0 Å². The molecular weight excluding hydrogens is 354 g/mol. The Kier molecular flexibility index (Phi) is 6.94. The van der Waals surface area contributed by atoms with Gasteiger partial charge in [0.15, 0.2) is 0 Å². The third-order valence-corrected chi connectivity index (χ3v) is 5.16. The first-order chi connectivity index (χ1) is 13.2. The molecular formula is C23H23NO2S. The Morgan fingerprint density at radius 3 is 2.33 bits per heavy atom. The van der Waals surface area contributed by atoms with Crippen molar-refractivity contribution in [3.05, 3.63) is 90.0 Å². The summed E-state index contributed by atoms with van der Waals surface area (Å²) in [5.41, 5.74) is 3.31. The topological polar surface area (TPSA) is 49.3 Å². The van der Waals surface area contributed by atoms with E-state index in [2.05, 4.69) is 53.8 Å². The van der Waals surface area contributed by atoms with Gasteiger partial charge in [-0.3, -0.25) is 4.79 Å². The lowest BCUT2D eigenvalue weighted by Crippen LogP contribution is -2.02. The molecule has 0 unspecified atom stereocenters. The van der Waals surface area contributed by atoms with Gasteiger partial charge in [0, 0.05) is 22.0 Å². The van der Waals surface area contributed by atoms with Gasteiger partial charge in [-0.25, -0.2) is 0 Å². The lowest BCUT2D eigenvalue weighted by molar-refractivity contribution is -0.136. The minimum absolute atomic E-state index is 0.0558. The Hall–Kier alpha value is -2.72. The van der Waals surface area contributed by atoms with Crippen LogP contribution in [0.15, 0.2) is 88.7 Å². The predicted molar refractivity (Wildman–Crippen MR) is 112 cm³/mol. The maximum absolute atomic E-state index is 10.9. The quantitative estimate of drug-likeness (QED) is 0.483. The van der Waals surface area contributed by atoms with E-state index >= 15 is 0 Å². The molecule has 0 radical (unpaired) electrons. The number of aliphatic carboxylic acids is 1. The number of carbonyl (C=O) groups is 1. The number of carboxylic acids is 1. The van der Waals surface area contributed by atoms with Crippen LogP contribution in [-0.4, -0.2) is 17.6 Å². The molecule has 2 N–H and O–H groups in total. The summed E-state index contributed by atoms with van der Waals surface area (Å²) >= 11 is 1.64. The predicted octanol–water partition coefficient (Wildman–Crippen LogP) is 5.51. The normalized spacial score (nSPS) is 10.5. The second kappa shape index (κ2) is 9.83. The molecule has 0 saturated heterocycles. The third kappa shape index (κ3) is 6.50. The molecule has 3 rings (SSSR count). The van der Waals surface area contributed by atoms with Crippen molar-refractivity contribution >= 4 is 23.4 Å². The second-order valence-corrected chi connectivity index (χ2v) is 7.51. The fourth-order valence-corrected chi connectivity index (χ4v) is 3.74. The van der Waals surface area contributed by atoms with Crippen molar-refractivity contribution in [3.8, 4) is 0 Å². The SMILES string of the molecule is O=C(O)Cc1cccc(Sc2ccc(NCCCc3ccccc3)cc2)c1. The first-order valence-corrected chi connectivity index (χ1v) is 9.87. The summed E-state index contributed by atoms with van der Waals surface area (Å²) in [6.45, 7) is 0.943. The first kappa shape index (κ1) is 19.1. The molecule has 0 aliphatic heterocycles. The standard InChI is InChI=1S/C23H23NO2S/c25-23(26)17-19-8-4-10-22(16-19)27-21-13-11-20(12-14-21)24-15-5-9-18-6-2-1-3-7-18/h1-4,6-8,10-14,16,24H,5,9,15,17H2,(H,25,26). The Balaban J connectivity index is 1.48. The van der Waals surface area contributed by atoms with Crippen LogP contribution in [0.25, 0.3) is 0 Å². The molecule has 0 saturated carbocycles. The molecule has 0 fully saturated rings. The summed E-state index contributed by atoms with van der Waals surface area (Å²) in [6, 6.07) is 26.6. The van der Waals surface area contributed by atoms with Crippen LogP contribution < -0.4 is 5.32 Å². The van der Waals surface area contributed by atoms with Gasteiger partial charge >= 0.3 is 5.97 Å². The summed E-state index contributed by atoms with van der Waals surface area (Å²) in [7, 11) is 0. The first-order valence-electron chi connectivity index (χ1n) is 9.05. The summed E-state index contributed by atoms with van der Waals surface area (Å²) in [4.78, 5) is 13.0. The van der Waals surface area contributed by atoms with Gasteiger partial charge in [-0.15, -0.1) is 0 Å². The average Bonchev–Trinajstić information content (AvgIpc) is 2.67. The van der Waals surface area contributed by atoms with Gasteiger partial charge in [-0.05, 0) is 60.4 Å². The van der Waals surface area contributed by atoms with Crippen molar-refractivity contribution in [2.45, 2.75) is 29.1 Å². The third-order valence-electron chi connectivity index (χ3n) is 4.16. The lowest BCUT2D eigenvalue weighted by Gasteiger charge is -2.08. The zero-order valence-corrected chi connectivity index (χ0v) is 15.9. The van der Waals surface area contributed by atoms with Crippen LogP contribution in [-0.2, 0) is 17.6 Å². The van der Waals surface area contributed by atoms with E-state index in [4.69, 9.17) is 5.11 Å². The largest absolute Gasteiger partial charge is 0.481 e. The highest BCUT2D eigenvalue weighted by Crippen LogP contribution is 2.29. The monoisotopic (exact) mass is 377 g/mol. The highest BCUT2D eigenvalue weighted by atomic mass is 32.2. The Morgan fingerprint density at radius 2 is 1.59 bits per heavy atom. The van der Waals surface area contributed by atoms with E-state index in [0.29, 0.717) is 0 Å². The van der Waals surface area contributed by atoms with Crippen molar-refractivity contribution in [2.75, 3.05) is 11.9 Å². The van der Waals surface area contributed by atoms with E-state index in [1.807, 2.05) is 30.3 Å². The van der Waals surface area contributed by atoms with Crippen molar-refractivity contribution in [1.82, 2.24) is 0 Å². The molecule has 3 aromatic carbocycles. The molecule has 0 aliphatic carbocycles. The van der Waals surface area contributed by atoms with E-state index < -0.39 is 5.97 Å². The van der Waals surface area contributed by atoms with Gasteiger partial charge in [0.05, 0.1) is 6.42 Å². The van der Waals surface area contributed by atoms with Crippen LogP contribution in [0.2, 0.25) is 0 Å². The summed E-state index contributed by atoms with van der Waals surface area (Å²) in [5.74, 6) is -0.806. The highest BCUT2D eigenvalue weighted by Gasteiger charge is 2.03. The van der Waals surface area contributed by atoms with E-state index in [0.717, 1.165) is 40.4 Å². The van der Waals surface area contributed by atoms with Crippen LogP contribution in [0.4, 0.5) is 5.69 Å². The number of carboxylic acid groups (broad SMARTS) is 1. The summed E-state index contributed by atoms with van der Waals surface area (Å²) in [5, 5.41) is 12.4. The van der Waals surface area contributed by atoms with Gasteiger partial charge in [0.1, 0.15) is 0 Å². The lowest BCUT2D eigenvalue weighted by atomic mass is 10.1. The molecule has 4 heteroatoms. The van der Waals surface area contributed by atoms with Gasteiger partial charge in [-0.1, -0.05) is 54.2 Å². The maximum Gasteiger partial charge on any atom is 0.307 e. The van der Waals surface area contributed by atoms with Crippen molar-refractivity contribution in [2.24, 2.45) is 0 Å². The van der Waals surface area contributed by atoms with Gasteiger partial charge in [0.2, 0.25) is 0 Å². The van der Waals surface area contributed by atoms with Crippen molar-refractivity contribution in [1.29, 1.82) is 0 Å².